The third-order valence-corrected chi connectivity index (χ3v) is 3.63. The zero-order valence-corrected chi connectivity index (χ0v) is 12.5. The zero-order chi connectivity index (χ0) is 13.8. The molecular formula is C13H16BrFN4. The fourth-order valence-electron chi connectivity index (χ4n) is 1.96. The molecule has 2 rings (SSSR count). The normalized spacial score (nSPS) is 12.6. The van der Waals surface area contributed by atoms with Gasteiger partial charge in [0.15, 0.2) is 0 Å². The van der Waals surface area contributed by atoms with E-state index in [-0.39, 0.29) is 11.9 Å². The highest BCUT2D eigenvalue weighted by Gasteiger charge is 2.20. The smallest absolute Gasteiger partial charge is 0.123 e. The Morgan fingerprint density at radius 3 is 2.89 bits per heavy atom. The van der Waals surface area contributed by atoms with Crippen molar-refractivity contribution in [2.24, 2.45) is 7.05 Å². The van der Waals surface area contributed by atoms with E-state index in [9.17, 15) is 4.39 Å². The van der Waals surface area contributed by atoms with Gasteiger partial charge in [-0.15, -0.1) is 5.10 Å². The molecule has 0 fully saturated rings. The number of aromatic nitrogens is 3. The number of halogens is 2. The van der Waals surface area contributed by atoms with Crippen LogP contribution < -0.4 is 5.32 Å². The van der Waals surface area contributed by atoms with Crippen molar-refractivity contribution in [1.82, 2.24) is 20.3 Å². The lowest BCUT2D eigenvalue weighted by molar-refractivity contribution is 0.544. The molecule has 2 aromatic rings. The zero-order valence-electron chi connectivity index (χ0n) is 10.9. The van der Waals surface area contributed by atoms with Crippen LogP contribution >= 0.6 is 15.9 Å². The molecule has 0 bridgehead atoms. The molecule has 0 radical (unpaired) electrons. The molecule has 1 aromatic heterocycles. The number of hydrogen-bond acceptors (Lipinski definition) is 3. The summed E-state index contributed by atoms with van der Waals surface area (Å²) in [5, 5.41) is 11.2. The van der Waals surface area contributed by atoms with E-state index < -0.39 is 0 Å². The number of rotatable bonds is 5. The second-order valence-electron chi connectivity index (χ2n) is 4.34. The van der Waals surface area contributed by atoms with E-state index >= 15 is 0 Å². The van der Waals surface area contributed by atoms with Gasteiger partial charge in [0, 0.05) is 11.5 Å². The van der Waals surface area contributed by atoms with Crippen molar-refractivity contribution in [1.29, 1.82) is 0 Å². The first-order valence-corrected chi connectivity index (χ1v) is 6.95. The highest BCUT2D eigenvalue weighted by Crippen LogP contribution is 2.28. The standard InChI is InChI=1S/C13H16BrFN4/c1-3-6-16-13(12-8-17-18-19(12)2)10-7-9(15)4-5-11(10)14/h4-5,7-8,13,16H,3,6H2,1-2H3. The van der Waals surface area contributed by atoms with E-state index in [0.29, 0.717) is 0 Å². The minimum atomic E-state index is -0.253. The van der Waals surface area contributed by atoms with Crippen molar-refractivity contribution < 1.29 is 4.39 Å². The second kappa shape index (κ2) is 6.25. The maximum absolute atomic E-state index is 13.5. The molecule has 0 aliphatic rings. The van der Waals surface area contributed by atoms with Crippen LogP contribution in [0.3, 0.4) is 0 Å². The van der Waals surface area contributed by atoms with Crippen molar-refractivity contribution in [3.05, 3.63) is 45.9 Å². The molecule has 1 aromatic carbocycles. The van der Waals surface area contributed by atoms with Gasteiger partial charge < -0.3 is 5.32 Å². The van der Waals surface area contributed by atoms with Crippen LogP contribution in [0.4, 0.5) is 4.39 Å². The van der Waals surface area contributed by atoms with Crippen molar-refractivity contribution >= 4 is 15.9 Å². The Labute approximate surface area is 120 Å². The number of aryl methyl sites for hydroxylation is 1. The van der Waals surface area contributed by atoms with Gasteiger partial charge in [-0.05, 0) is 36.7 Å². The number of hydrogen-bond donors (Lipinski definition) is 1. The van der Waals surface area contributed by atoms with Crippen LogP contribution in [0.15, 0.2) is 28.9 Å². The van der Waals surface area contributed by atoms with Crippen LogP contribution in [0.25, 0.3) is 0 Å². The fraction of sp³-hybridized carbons (Fsp3) is 0.385. The molecule has 19 heavy (non-hydrogen) atoms. The van der Waals surface area contributed by atoms with E-state index in [1.54, 1.807) is 16.9 Å². The molecule has 0 spiro atoms. The van der Waals surface area contributed by atoms with Crippen LogP contribution in [0.5, 0.6) is 0 Å². The lowest BCUT2D eigenvalue weighted by atomic mass is 10.0. The molecule has 1 heterocycles. The lowest BCUT2D eigenvalue weighted by Gasteiger charge is -2.20. The van der Waals surface area contributed by atoms with E-state index in [2.05, 4.69) is 38.5 Å². The quantitative estimate of drug-likeness (QED) is 0.918. The van der Waals surface area contributed by atoms with Crippen LogP contribution in [-0.2, 0) is 7.05 Å². The molecular weight excluding hydrogens is 311 g/mol. The van der Waals surface area contributed by atoms with Gasteiger partial charge in [0.1, 0.15) is 5.82 Å². The Morgan fingerprint density at radius 1 is 1.47 bits per heavy atom. The van der Waals surface area contributed by atoms with Gasteiger partial charge in [0.2, 0.25) is 0 Å². The van der Waals surface area contributed by atoms with Crippen molar-refractivity contribution in [3.8, 4) is 0 Å². The van der Waals surface area contributed by atoms with E-state index in [4.69, 9.17) is 0 Å². The SMILES string of the molecule is CCCNC(c1cc(F)ccc1Br)c1cnnn1C. The van der Waals surface area contributed by atoms with E-state index in [1.807, 2.05) is 7.05 Å². The van der Waals surface area contributed by atoms with Gasteiger partial charge in [0.05, 0.1) is 17.9 Å². The number of nitrogens with one attached hydrogen (secondary N) is 1. The molecule has 4 nitrogen and oxygen atoms in total. The van der Waals surface area contributed by atoms with Gasteiger partial charge in [-0.25, -0.2) is 4.39 Å². The summed E-state index contributed by atoms with van der Waals surface area (Å²) >= 11 is 3.48. The summed E-state index contributed by atoms with van der Waals surface area (Å²) in [5.41, 5.74) is 1.75. The summed E-state index contributed by atoms with van der Waals surface area (Å²) in [4.78, 5) is 0. The minimum Gasteiger partial charge on any atom is -0.305 e. The topological polar surface area (TPSA) is 42.7 Å². The Bertz CT molecular complexity index is 555. The Balaban J connectivity index is 2.42. The highest BCUT2D eigenvalue weighted by atomic mass is 79.9. The molecule has 0 amide bonds. The Hall–Kier alpha value is -1.27. The molecule has 1 N–H and O–H groups in total. The highest BCUT2D eigenvalue weighted by molar-refractivity contribution is 9.10. The minimum absolute atomic E-state index is 0.134. The lowest BCUT2D eigenvalue weighted by Crippen LogP contribution is -2.25. The summed E-state index contributed by atoms with van der Waals surface area (Å²) in [7, 11) is 1.83. The summed E-state index contributed by atoms with van der Waals surface area (Å²) < 4.78 is 16.0. The Morgan fingerprint density at radius 2 is 2.26 bits per heavy atom. The molecule has 0 aliphatic carbocycles. The van der Waals surface area contributed by atoms with Crippen molar-refractivity contribution in [3.63, 3.8) is 0 Å². The summed E-state index contributed by atoms with van der Waals surface area (Å²) in [6.07, 6.45) is 2.69. The first-order valence-electron chi connectivity index (χ1n) is 6.16. The predicted octanol–water partition coefficient (Wildman–Crippen LogP) is 2.81. The van der Waals surface area contributed by atoms with Crippen LogP contribution in [0.1, 0.15) is 30.6 Å². The van der Waals surface area contributed by atoms with Crippen LogP contribution in [-0.4, -0.2) is 21.5 Å². The third-order valence-electron chi connectivity index (χ3n) is 2.91. The summed E-state index contributed by atoms with van der Waals surface area (Å²) in [5.74, 6) is -0.253. The van der Waals surface area contributed by atoms with Crippen molar-refractivity contribution in [2.75, 3.05) is 6.54 Å². The van der Waals surface area contributed by atoms with Gasteiger partial charge in [-0.1, -0.05) is 28.1 Å². The van der Waals surface area contributed by atoms with Crippen LogP contribution in [0, 0.1) is 5.82 Å². The molecule has 0 aliphatic heterocycles. The third kappa shape index (κ3) is 3.19. The van der Waals surface area contributed by atoms with Gasteiger partial charge >= 0.3 is 0 Å². The predicted molar refractivity (Wildman–Crippen MR) is 75.2 cm³/mol. The molecule has 1 unspecified atom stereocenters. The van der Waals surface area contributed by atoms with Crippen molar-refractivity contribution in [2.45, 2.75) is 19.4 Å². The Kier molecular flexibility index (Phi) is 4.66. The fourth-order valence-corrected chi connectivity index (χ4v) is 2.43. The van der Waals surface area contributed by atoms with Gasteiger partial charge in [-0.2, -0.15) is 0 Å². The maximum atomic E-state index is 13.5. The summed E-state index contributed by atoms with van der Waals surface area (Å²) in [6, 6.07) is 4.55. The first kappa shape index (κ1) is 14.1. The average Bonchev–Trinajstić information content (AvgIpc) is 2.80. The van der Waals surface area contributed by atoms with E-state index in [0.717, 1.165) is 28.7 Å². The average molecular weight is 327 g/mol. The van der Waals surface area contributed by atoms with Gasteiger partial charge in [0.25, 0.3) is 0 Å². The monoisotopic (exact) mass is 326 g/mol. The van der Waals surface area contributed by atoms with Gasteiger partial charge in [-0.3, -0.25) is 4.68 Å². The second-order valence-corrected chi connectivity index (χ2v) is 5.19. The largest absolute Gasteiger partial charge is 0.305 e. The number of nitrogens with zero attached hydrogens (tertiary/aromatic N) is 3. The van der Waals surface area contributed by atoms with E-state index in [1.165, 1.54) is 12.1 Å². The maximum Gasteiger partial charge on any atom is 0.123 e. The molecule has 102 valence electrons. The first-order chi connectivity index (χ1) is 9.13. The summed E-state index contributed by atoms with van der Waals surface area (Å²) in [6.45, 7) is 2.92. The molecule has 6 heteroatoms. The molecule has 0 saturated carbocycles. The van der Waals surface area contributed by atoms with Crippen LogP contribution in [0.2, 0.25) is 0 Å². The molecule has 1 atom stereocenters. The molecule has 0 saturated heterocycles. The number of benzene rings is 1.